The molecule has 0 saturated heterocycles. The number of pyridine rings is 1. The highest BCUT2D eigenvalue weighted by Crippen LogP contribution is 2.34. The van der Waals surface area contributed by atoms with E-state index in [1.54, 1.807) is 0 Å². The minimum atomic E-state index is 1.26. The van der Waals surface area contributed by atoms with Gasteiger partial charge in [0.25, 0.3) is 0 Å². The summed E-state index contributed by atoms with van der Waals surface area (Å²) in [6.45, 7) is 2.13. The summed E-state index contributed by atoms with van der Waals surface area (Å²) in [4.78, 5) is 3.22. The molecule has 1 N–H and O–H groups in total. The third-order valence-corrected chi connectivity index (χ3v) is 2.91. The monoisotopic (exact) mass is 207 g/mol. The molecule has 0 atom stereocenters. The number of hydrogen-bond acceptors (Lipinski definition) is 0. The van der Waals surface area contributed by atoms with Gasteiger partial charge in [0.05, 0.1) is 0 Å². The van der Waals surface area contributed by atoms with Crippen molar-refractivity contribution in [2.75, 3.05) is 0 Å². The summed E-state index contributed by atoms with van der Waals surface area (Å²) in [5.41, 5.74) is 6.44. The van der Waals surface area contributed by atoms with E-state index in [-0.39, 0.29) is 0 Å². The number of hydrogen-bond donors (Lipinski definition) is 1. The molecule has 78 valence electrons. The number of rotatable bonds is 1. The van der Waals surface area contributed by atoms with Gasteiger partial charge in [-0.15, -0.1) is 0 Å². The summed E-state index contributed by atoms with van der Waals surface area (Å²) in [5, 5.41) is 0. The van der Waals surface area contributed by atoms with E-state index in [0.29, 0.717) is 0 Å². The van der Waals surface area contributed by atoms with E-state index in [1.807, 2.05) is 6.07 Å². The van der Waals surface area contributed by atoms with Crippen LogP contribution in [0.1, 0.15) is 5.56 Å². The van der Waals surface area contributed by atoms with E-state index in [0.717, 1.165) is 0 Å². The van der Waals surface area contributed by atoms with Crippen LogP contribution in [-0.4, -0.2) is 4.98 Å². The van der Waals surface area contributed by atoms with Crippen LogP contribution >= 0.6 is 0 Å². The lowest BCUT2D eigenvalue weighted by Gasteiger charge is -2.07. The first-order chi connectivity index (χ1) is 7.84. The Labute approximate surface area is 95.1 Å². The van der Waals surface area contributed by atoms with Crippen molar-refractivity contribution in [3.8, 4) is 22.3 Å². The Morgan fingerprint density at radius 2 is 1.62 bits per heavy atom. The summed E-state index contributed by atoms with van der Waals surface area (Å²) in [6.07, 6.45) is 4.12. The van der Waals surface area contributed by atoms with Gasteiger partial charge in [0.2, 0.25) is 0 Å². The van der Waals surface area contributed by atoms with Crippen LogP contribution in [-0.2, 0) is 0 Å². The smallest absolute Gasteiger partial charge is 0.00901 e. The molecule has 1 aromatic rings. The standard InChI is InChI=1S/C15H13N/c1-11-7-13-9-16-10-15(14(13)8-11)12-5-3-2-4-6-12/h2-10,16H,1H3. The average Bonchev–Trinajstić information content (AvgIpc) is 2.70. The molecule has 2 aliphatic rings. The van der Waals surface area contributed by atoms with Crippen LogP contribution in [0.2, 0.25) is 0 Å². The Hall–Kier alpha value is -2.02. The van der Waals surface area contributed by atoms with Gasteiger partial charge >= 0.3 is 0 Å². The Kier molecular flexibility index (Phi) is 2.03. The molecule has 3 rings (SSSR count). The molecule has 0 unspecified atom stereocenters. The first kappa shape index (κ1) is 9.22. The van der Waals surface area contributed by atoms with Gasteiger partial charge in [-0.2, -0.15) is 0 Å². The molecule has 0 bridgehead atoms. The Balaban J connectivity index is 2.26. The predicted octanol–water partition coefficient (Wildman–Crippen LogP) is 4.09. The van der Waals surface area contributed by atoms with Crippen LogP contribution in [0.5, 0.6) is 0 Å². The number of aryl methyl sites for hydroxylation is 1. The molecule has 1 aliphatic heterocycles. The minimum absolute atomic E-state index is 1.26. The molecule has 1 heteroatoms. The van der Waals surface area contributed by atoms with E-state index >= 15 is 0 Å². The van der Waals surface area contributed by atoms with E-state index in [9.17, 15) is 0 Å². The fourth-order valence-corrected chi connectivity index (χ4v) is 2.18. The second-order valence-corrected chi connectivity index (χ2v) is 4.14. The normalized spacial score (nSPS) is 10.8. The molecule has 0 fully saturated rings. The van der Waals surface area contributed by atoms with Crippen molar-refractivity contribution in [2.45, 2.75) is 6.92 Å². The maximum Gasteiger partial charge on any atom is 0.00901 e. The maximum absolute atomic E-state index is 3.22. The van der Waals surface area contributed by atoms with Crippen LogP contribution in [0.3, 0.4) is 0 Å². The first-order valence-electron chi connectivity index (χ1n) is 5.47. The van der Waals surface area contributed by atoms with E-state index in [4.69, 9.17) is 0 Å². The van der Waals surface area contributed by atoms with Crippen molar-refractivity contribution in [3.05, 3.63) is 60.4 Å². The summed E-state index contributed by atoms with van der Waals surface area (Å²) in [6, 6.07) is 14.9. The second kappa shape index (κ2) is 3.53. The quantitative estimate of drug-likeness (QED) is 0.618. The lowest BCUT2D eigenvalue weighted by atomic mass is 10.00. The molecule has 0 spiro atoms. The topological polar surface area (TPSA) is 15.8 Å². The third-order valence-electron chi connectivity index (χ3n) is 2.91. The second-order valence-electron chi connectivity index (χ2n) is 4.14. The van der Waals surface area contributed by atoms with Gasteiger partial charge in [0, 0.05) is 18.0 Å². The molecule has 1 aliphatic carbocycles. The van der Waals surface area contributed by atoms with Crippen molar-refractivity contribution < 1.29 is 0 Å². The SMILES string of the molecule is Cc1cc2c[nH]cc(-c3ccccc3)c-2c1. The average molecular weight is 207 g/mol. The lowest BCUT2D eigenvalue weighted by Crippen LogP contribution is -1.84. The molecule has 0 aromatic heterocycles. The highest BCUT2D eigenvalue weighted by molar-refractivity contribution is 5.85. The van der Waals surface area contributed by atoms with Crippen molar-refractivity contribution in [2.24, 2.45) is 0 Å². The summed E-state index contributed by atoms with van der Waals surface area (Å²) in [5.74, 6) is 0. The highest BCUT2D eigenvalue weighted by atomic mass is 14.6. The molecule has 1 nitrogen and oxygen atoms in total. The number of nitrogens with one attached hydrogen (secondary N) is 1. The van der Waals surface area contributed by atoms with Crippen molar-refractivity contribution >= 4 is 0 Å². The van der Waals surface area contributed by atoms with Gasteiger partial charge in [-0.1, -0.05) is 36.4 Å². The van der Waals surface area contributed by atoms with Crippen LogP contribution in [0, 0.1) is 6.92 Å². The number of benzene rings is 1. The zero-order valence-corrected chi connectivity index (χ0v) is 9.20. The van der Waals surface area contributed by atoms with Gasteiger partial charge in [-0.25, -0.2) is 0 Å². The summed E-state index contributed by atoms with van der Waals surface area (Å²) in [7, 11) is 0. The Morgan fingerprint density at radius 3 is 2.44 bits per heavy atom. The van der Waals surface area contributed by atoms with Crippen LogP contribution < -0.4 is 0 Å². The molecule has 16 heavy (non-hydrogen) atoms. The third kappa shape index (κ3) is 1.41. The fourth-order valence-electron chi connectivity index (χ4n) is 2.18. The van der Waals surface area contributed by atoms with Gasteiger partial charge in [0.1, 0.15) is 0 Å². The van der Waals surface area contributed by atoms with Crippen molar-refractivity contribution in [3.63, 3.8) is 0 Å². The number of aromatic amines is 1. The molecule has 0 saturated carbocycles. The minimum Gasteiger partial charge on any atom is -0.366 e. The molecule has 1 heterocycles. The molecular weight excluding hydrogens is 194 g/mol. The Morgan fingerprint density at radius 1 is 0.812 bits per heavy atom. The van der Waals surface area contributed by atoms with Crippen LogP contribution in [0.25, 0.3) is 22.3 Å². The highest BCUT2D eigenvalue weighted by Gasteiger charge is 2.10. The summed E-state index contributed by atoms with van der Waals surface area (Å²) < 4.78 is 0. The zero-order valence-electron chi connectivity index (χ0n) is 9.20. The Bertz CT molecular complexity index is 578. The zero-order chi connectivity index (χ0) is 11.0. The predicted molar refractivity (Wildman–Crippen MR) is 67.6 cm³/mol. The summed E-state index contributed by atoms with van der Waals surface area (Å²) >= 11 is 0. The lowest BCUT2D eigenvalue weighted by molar-refractivity contribution is 1.33. The van der Waals surface area contributed by atoms with E-state index in [1.165, 1.54) is 27.8 Å². The molecule has 0 amide bonds. The number of aromatic nitrogens is 1. The largest absolute Gasteiger partial charge is 0.366 e. The van der Waals surface area contributed by atoms with Crippen molar-refractivity contribution in [1.29, 1.82) is 0 Å². The van der Waals surface area contributed by atoms with Gasteiger partial charge in [-0.05, 0) is 35.2 Å². The van der Waals surface area contributed by atoms with Crippen molar-refractivity contribution in [1.82, 2.24) is 4.98 Å². The van der Waals surface area contributed by atoms with Gasteiger partial charge in [-0.3, -0.25) is 0 Å². The van der Waals surface area contributed by atoms with Crippen LogP contribution in [0.15, 0.2) is 54.9 Å². The van der Waals surface area contributed by atoms with E-state index in [2.05, 4.69) is 60.7 Å². The molecule has 1 aromatic carbocycles. The van der Waals surface area contributed by atoms with Crippen LogP contribution in [0.4, 0.5) is 0 Å². The van der Waals surface area contributed by atoms with Gasteiger partial charge < -0.3 is 4.98 Å². The molecular formula is C15H13N. The number of H-pyrrole nitrogens is 1. The van der Waals surface area contributed by atoms with Gasteiger partial charge in [0.15, 0.2) is 0 Å². The maximum atomic E-state index is 3.22. The molecule has 0 radical (unpaired) electrons. The van der Waals surface area contributed by atoms with E-state index < -0.39 is 0 Å². The first-order valence-corrected chi connectivity index (χ1v) is 5.47. The fraction of sp³-hybridized carbons (Fsp3) is 0.0667. The number of fused-ring (bicyclic) bond motifs is 1.